The average molecular weight is 545 g/mol. The van der Waals surface area contributed by atoms with Gasteiger partial charge in [-0.3, -0.25) is 14.4 Å². The van der Waals surface area contributed by atoms with Crippen LogP contribution in [0.25, 0.3) is 0 Å². The first kappa shape index (κ1) is 29.2. The predicted molar refractivity (Wildman–Crippen MR) is 117 cm³/mol. The molecule has 4 N–H and O–H groups in total. The molecule has 1 radical (unpaired) electrons. The number of rotatable bonds is 14. The van der Waals surface area contributed by atoms with Gasteiger partial charge in [0.25, 0.3) is 0 Å². The maximum absolute atomic E-state index is 12.8. The van der Waals surface area contributed by atoms with Crippen LogP contribution in [0.2, 0.25) is 0 Å². The summed E-state index contributed by atoms with van der Waals surface area (Å²) in [6, 6.07) is 6.23. The molecule has 10 heteroatoms. The van der Waals surface area contributed by atoms with Crippen molar-refractivity contribution < 1.29 is 46.7 Å². The molecular weight excluding hydrogens is 514 g/mol. The number of carboxylic acids is 1. The Hall–Kier alpha value is -1.81. The first-order chi connectivity index (χ1) is 14.3. The Labute approximate surface area is 203 Å². The SMILES string of the molecule is CSCC[C@H](NC=O)C(=O)N[C@@H](CC(C)C)C(=O)N[C@@H](Cc1ccccc1)C(=O)O.[Ag]. The molecule has 1 aromatic carbocycles. The second-order valence-electron chi connectivity index (χ2n) is 7.40. The smallest absolute Gasteiger partial charge is 0.326 e. The summed E-state index contributed by atoms with van der Waals surface area (Å²) < 4.78 is 0. The second kappa shape index (κ2) is 15.9. The zero-order valence-electron chi connectivity index (χ0n) is 17.9. The molecule has 0 aliphatic carbocycles. The minimum absolute atomic E-state index is 0. The first-order valence-electron chi connectivity index (χ1n) is 9.84. The summed E-state index contributed by atoms with van der Waals surface area (Å²) in [5, 5.41) is 17.2. The molecule has 0 aliphatic heterocycles. The van der Waals surface area contributed by atoms with E-state index in [1.54, 1.807) is 36.0 Å². The summed E-state index contributed by atoms with van der Waals surface area (Å²) >= 11 is 1.54. The first-order valence-corrected chi connectivity index (χ1v) is 11.2. The Morgan fingerprint density at radius 1 is 1.03 bits per heavy atom. The van der Waals surface area contributed by atoms with Crippen molar-refractivity contribution >= 4 is 36.0 Å². The van der Waals surface area contributed by atoms with E-state index in [9.17, 15) is 24.3 Å². The van der Waals surface area contributed by atoms with Crippen molar-refractivity contribution in [1.29, 1.82) is 0 Å². The van der Waals surface area contributed by atoms with Crippen LogP contribution >= 0.6 is 11.8 Å². The molecule has 0 bridgehead atoms. The van der Waals surface area contributed by atoms with E-state index in [4.69, 9.17) is 0 Å². The summed E-state index contributed by atoms with van der Waals surface area (Å²) in [6.07, 6.45) is 3.25. The van der Waals surface area contributed by atoms with E-state index in [-0.39, 0.29) is 34.7 Å². The third-order valence-corrected chi connectivity index (χ3v) is 5.08. The van der Waals surface area contributed by atoms with E-state index in [2.05, 4.69) is 16.0 Å². The van der Waals surface area contributed by atoms with Crippen LogP contribution in [0.1, 0.15) is 32.3 Å². The van der Waals surface area contributed by atoms with Gasteiger partial charge in [-0.15, -0.1) is 0 Å². The Bertz CT molecular complexity index is 706. The van der Waals surface area contributed by atoms with Crippen LogP contribution in [0.3, 0.4) is 0 Å². The molecule has 0 saturated heterocycles. The molecule has 177 valence electrons. The van der Waals surface area contributed by atoms with Gasteiger partial charge in [-0.1, -0.05) is 44.2 Å². The topological polar surface area (TPSA) is 125 Å². The summed E-state index contributed by atoms with van der Waals surface area (Å²) in [4.78, 5) is 47.9. The fraction of sp³-hybridized carbons (Fsp3) is 0.524. The molecule has 0 saturated carbocycles. The molecule has 3 amide bonds. The molecule has 1 rings (SSSR count). The van der Waals surface area contributed by atoms with Crippen molar-refractivity contribution in [1.82, 2.24) is 16.0 Å². The summed E-state index contributed by atoms with van der Waals surface area (Å²) in [6.45, 7) is 3.81. The van der Waals surface area contributed by atoms with Gasteiger partial charge in [0.05, 0.1) is 0 Å². The van der Waals surface area contributed by atoms with Gasteiger partial charge in [-0.2, -0.15) is 11.8 Å². The maximum Gasteiger partial charge on any atom is 0.326 e. The Kier molecular flexibility index (Phi) is 15.0. The summed E-state index contributed by atoms with van der Waals surface area (Å²) in [5.74, 6) is -1.43. The van der Waals surface area contributed by atoms with E-state index in [0.717, 1.165) is 5.56 Å². The Morgan fingerprint density at radius 2 is 1.61 bits per heavy atom. The van der Waals surface area contributed by atoms with Crippen molar-refractivity contribution in [3.8, 4) is 0 Å². The van der Waals surface area contributed by atoms with Crippen LogP contribution in [0.4, 0.5) is 0 Å². The monoisotopic (exact) mass is 544 g/mol. The van der Waals surface area contributed by atoms with Crippen molar-refractivity contribution in [3.63, 3.8) is 0 Å². The number of carbonyl (C=O) groups excluding carboxylic acids is 3. The van der Waals surface area contributed by atoms with Crippen LogP contribution in [0, 0.1) is 5.92 Å². The van der Waals surface area contributed by atoms with Gasteiger partial charge < -0.3 is 21.1 Å². The molecule has 0 heterocycles. The van der Waals surface area contributed by atoms with E-state index >= 15 is 0 Å². The zero-order chi connectivity index (χ0) is 22.5. The second-order valence-corrected chi connectivity index (χ2v) is 8.38. The molecule has 31 heavy (non-hydrogen) atoms. The standard InChI is InChI=1S/C21H31N3O5S.Ag/c1-14(2)11-17(23-19(26)16(22-13-25)9-10-30-3)20(27)24-18(21(28)29)12-15-7-5-4-6-8-15;/h4-8,13-14,16-18H,9-12H2,1-3H3,(H,22,25)(H,23,26)(H,24,27)(H,28,29);/t16-,17-,18-;/m0./s1. The minimum atomic E-state index is -1.15. The molecule has 0 fully saturated rings. The van der Waals surface area contributed by atoms with Gasteiger partial charge in [0, 0.05) is 28.8 Å². The summed E-state index contributed by atoms with van der Waals surface area (Å²) in [7, 11) is 0. The number of hydrogen-bond acceptors (Lipinski definition) is 5. The van der Waals surface area contributed by atoms with E-state index in [1.807, 2.05) is 26.2 Å². The van der Waals surface area contributed by atoms with Crippen LogP contribution in [-0.2, 0) is 48.0 Å². The van der Waals surface area contributed by atoms with Gasteiger partial charge in [-0.25, -0.2) is 4.79 Å². The molecule has 0 aliphatic rings. The maximum atomic E-state index is 12.8. The van der Waals surface area contributed by atoms with E-state index < -0.39 is 35.9 Å². The quantitative estimate of drug-likeness (QED) is 0.206. The summed E-state index contributed by atoms with van der Waals surface area (Å²) in [5.41, 5.74) is 0.780. The normalized spacial score (nSPS) is 13.3. The number of nitrogens with one attached hydrogen (secondary N) is 3. The van der Waals surface area contributed by atoms with Gasteiger partial charge >= 0.3 is 5.97 Å². The minimum Gasteiger partial charge on any atom is -0.480 e. The molecule has 0 spiro atoms. The number of hydrogen-bond donors (Lipinski definition) is 4. The van der Waals surface area contributed by atoms with Gasteiger partial charge in [0.2, 0.25) is 18.2 Å². The van der Waals surface area contributed by atoms with Crippen LogP contribution < -0.4 is 16.0 Å². The van der Waals surface area contributed by atoms with E-state index in [1.165, 1.54) is 0 Å². The van der Waals surface area contributed by atoms with Crippen LogP contribution in [-0.4, -0.2) is 59.4 Å². The van der Waals surface area contributed by atoms with Crippen molar-refractivity contribution in [2.24, 2.45) is 5.92 Å². The van der Waals surface area contributed by atoms with E-state index in [0.29, 0.717) is 25.0 Å². The average Bonchev–Trinajstić information content (AvgIpc) is 2.70. The van der Waals surface area contributed by atoms with Crippen LogP contribution in [0.15, 0.2) is 30.3 Å². The van der Waals surface area contributed by atoms with Crippen molar-refractivity contribution in [2.45, 2.75) is 51.2 Å². The van der Waals surface area contributed by atoms with Gasteiger partial charge in [-0.05, 0) is 36.3 Å². The third-order valence-electron chi connectivity index (χ3n) is 4.43. The van der Waals surface area contributed by atoms with Crippen molar-refractivity contribution in [3.05, 3.63) is 35.9 Å². The van der Waals surface area contributed by atoms with Crippen LogP contribution in [0.5, 0.6) is 0 Å². The molecule has 1 aromatic rings. The molecule has 0 unspecified atom stereocenters. The van der Waals surface area contributed by atoms with Gasteiger partial charge in [0.1, 0.15) is 18.1 Å². The molecular formula is C21H31AgN3O5S. The number of amides is 3. The van der Waals surface area contributed by atoms with Crippen molar-refractivity contribution in [2.75, 3.05) is 12.0 Å². The zero-order valence-corrected chi connectivity index (χ0v) is 20.2. The largest absolute Gasteiger partial charge is 0.480 e. The fourth-order valence-electron chi connectivity index (χ4n) is 2.91. The number of carbonyl (C=O) groups is 4. The molecule has 0 aromatic heterocycles. The Balaban J connectivity index is 0.00000900. The number of thioether (sulfide) groups is 1. The molecule has 8 nitrogen and oxygen atoms in total. The Morgan fingerprint density at radius 3 is 2.13 bits per heavy atom. The fourth-order valence-corrected chi connectivity index (χ4v) is 3.38. The molecule has 3 atom stereocenters. The number of benzene rings is 1. The number of carboxylic acid groups (broad SMARTS) is 1. The van der Waals surface area contributed by atoms with Gasteiger partial charge in [0.15, 0.2) is 0 Å². The third kappa shape index (κ3) is 11.4. The number of aliphatic carboxylic acids is 1. The predicted octanol–water partition coefficient (Wildman–Crippen LogP) is 1.19.